The quantitative estimate of drug-likeness (QED) is 0.649. The normalized spacial score (nSPS) is 12.2. The van der Waals surface area contributed by atoms with Gasteiger partial charge in [0, 0.05) is 16.4 Å². The van der Waals surface area contributed by atoms with Gasteiger partial charge >= 0.3 is 0 Å². The average Bonchev–Trinajstić information content (AvgIpc) is 2.23. The van der Waals surface area contributed by atoms with Crippen molar-refractivity contribution in [2.45, 2.75) is 25.1 Å². The summed E-state index contributed by atoms with van der Waals surface area (Å²) in [5, 5.41) is 2.88. The number of nitrogens with one attached hydrogen (secondary N) is 1. The summed E-state index contributed by atoms with van der Waals surface area (Å²) < 4.78 is 13.3. The lowest BCUT2D eigenvalue weighted by Gasteiger charge is -2.07. The summed E-state index contributed by atoms with van der Waals surface area (Å²) in [5.74, 6) is -0.580. The van der Waals surface area contributed by atoms with Crippen LogP contribution in [-0.4, -0.2) is 17.8 Å². The van der Waals surface area contributed by atoms with Crippen LogP contribution in [0.15, 0.2) is 22.7 Å². The molecule has 0 radical (unpaired) electrons. The summed E-state index contributed by atoms with van der Waals surface area (Å²) in [4.78, 5) is 11.7. The Balaban J connectivity index is 2.47. The Bertz CT molecular complexity index is 398. The van der Waals surface area contributed by atoms with E-state index in [1.807, 2.05) is 6.92 Å². The van der Waals surface area contributed by atoms with E-state index in [0.29, 0.717) is 16.6 Å². The highest BCUT2D eigenvalue weighted by Gasteiger charge is 2.09. The Morgan fingerprint density at radius 2 is 2.29 bits per heavy atom. The van der Waals surface area contributed by atoms with Gasteiger partial charge in [-0.05, 0) is 53.9 Å². The van der Waals surface area contributed by atoms with Crippen LogP contribution in [0.2, 0.25) is 0 Å². The highest BCUT2D eigenvalue weighted by Crippen LogP contribution is 2.17. The van der Waals surface area contributed by atoms with E-state index < -0.39 is 0 Å². The van der Waals surface area contributed by atoms with Crippen molar-refractivity contribution in [3.63, 3.8) is 0 Å². The maximum Gasteiger partial charge on any atom is 0.252 e. The maximum atomic E-state index is 12.8. The molecule has 1 aromatic rings. The minimum atomic E-state index is -0.371. The molecule has 1 N–H and O–H groups in total. The number of carbonyl (C=O) groups excluding carboxylic acids is 1. The lowest BCUT2D eigenvalue weighted by molar-refractivity contribution is 0.0952. The molecule has 0 aliphatic heterocycles. The number of hydrogen-bond acceptors (Lipinski definition) is 1. The standard InChI is InChI=1S/C12H14BrClFNO/c1-8(14)3-2-6-16-12(17)10-5-4-9(15)7-11(10)13/h4-5,7-8H,2-3,6H2,1H3,(H,16,17). The van der Waals surface area contributed by atoms with Crippen LogP contribution < -0.4 is 5.32 Å². The van der Waals surface area contributed by atoms with Crippen LogP contribution in [0.25, 0.3) is 0 Å². The fraction of sp³-hybridized carbons (Fsp3) is 0.417. The van der Waals surface area contributed by atoms with E-state index in [0.717, 1.165) is 12.8 Å². The van der Waals surface area contributed by atoms with E-state index in [2.05, 4.69) is 21.2 Å². The first-order valence-electron chi connectivity index (χ1n) is 5.38. The molecule has 1 unspecified atom stereocenters. The zero-order valence-electron chi connectivity index (χ0n) is 9.47. The van der Waals surface area contributed by atoms with E-state index in [4.69, 9.17) is 11.6 Å². The summed E-state index contributed by atoms with van der Waals surface area (Å²) in [6.45, 7) is 2.49. The highest BCUT2D eigenvalue weighted by molar-refractivity contribution is 9.10. The molecule has 2 nitrogen and oxygen atoms in total. The average molecular weight is 323 g/mol. The first-order chi connectivity index (χ1) is 8.00. The van der Waals surface area contributed by atoms with Crippen molar-refractivity contribution >= 4 is 33.4 Å². The molecule has 1 rings (SSSR count). The number of amides is 1. The third-order valence-corrected chi connectivity index (χ3v) is 3.11. The van der Waals surface area contributed by atoms with Crippen molar-refractivity contribution in [3.8, 4) is 0 Å². The number of benzene rings is 1. The molecule has 0 bridgehead atoms. The predicted molar refractivity (Wildman–Crippen MR) is 71.0 cm³/mol. The molecule has 5 heteroatoms. The number of alkyl halides is 1. The number of rotatable bonds is 5. The molecule has 0 heterocycles. The van der Waals surface area contributed by atoms with Gasteiger partial charge in [-0.3, -0.25) is 4.79 Å². The summed E-state index contributed by atoms with van der Waals surface area (Å²) >= 11 is 8.95. The molecule has 0 saturated heterocycles. The second-order valence-electron chi connectivity index (χ2n) is 3.80. The Morgan fingerprint density at radius 3 is 2.88 bits per heavy atom. The molecule has 1 atom stereocenters. The molecule has 0 saturated carbocycles. The molecule has 0 aromatic heterocycles. The van der Waals surface area contributed by atoms with Gasteiger partial charge in [-0.15, -0.1) is 11.6 Å². The van der Waals surface area contributed by atoms with E-state index in [-0.39, 0.29) is 17.1 Å². The summed E-state index contributed by atoms with van der Waals surface area (Å²) in [6.07, 6.45) is 1.68. The fourth-order valence-corrected chi connectivity index (χ4v) is 2.04. The molecule has 0 aliphatic carbocycles. The minimum absolute atomic E-state index is 0.115. The number of halogens is 3. The summed E-state index contributed by atoms with van der Waals surface area (Å²) in [5.41, 5.74) is 0.435. The SMILES string of the molecule is CC(Cl)CCCNC(=O)c1ccc(F)cc1Br. The van der Waals surface area contributed by atoms with Crippen LogP contribution in [0.3, 0.4) is 0 Å². The third kappa shape index (κ3) is 5.04. The van der Waals surface area contributed by atoms with Gasteiger partial charge in [-0.25, -0.2) is 4.39 Å². The lowest BCUT2D eigenvalue weighted by atomic mass is 10.2. The van der Waals surface area contributed by atoms with Crippen LogP contribution in [0.1, 0.15) is 30.1 Å². The van der Waals surface area contributed by atoms with Crippen LogP contribution in [0.5, 0.6) is 0 Å². The van der Waals surface area contributed by atoms with Crippen molar-refractivity contribution in [1.82, 2.24) is 5.32 Å². The second-order valence-corrected chi connectivity index (χ2v) is 5.40. The first kappa shape index (κ1) is 14.5. The van der Waals surface area contributed by atoms with Gasteiger partial charge in [0.05, 0.1) is 5.56 Å². The molecule has 0 fully saturated rings. The zero-order chi connectivity index (χ0) is 12.8. The van der Waals surface area contributed by atoms with Gasteiger partial charge in [0.15, 0.2) is 0 Å². The van der Waals surface area contributed by atoms with Gasteiger partial charge < -0.3 is 5.32 Å². The monoisotopic (exact) mass is 321 g/mol. The Morgan fingerprint density at radius 1 is 1.59 bits per heavy atom. The van der Waals surface area contributed by atoms with E-state index in [1.54, 1.807) is 0 Å². The Kier molecular flexibility index (Phi) is 5.92. The third-order valence-electron chi connectivity index (χ3n) is 2.24. The highest BCUT2D eigenvalue weighted by atomic mass is 79.9. The van der Waals surface area contributed by atoms with Crippen LogP contribution in [0.4, 0.5) is 4.39 Å². The summed E-state index contributed by atoms with van der Waals surface area (Å²) in [7, 11) is 0. The van der Waals surface area contributed by atoms with Crippen LogP contribution >= 0.6 is 27.5 Å². The Hall–Kier alpha value is -0.610. The van der Waals surface area contributed by atoms with Gasteiger partial charge in [-0.1, -0.05) is 0 Å². The molecule has 0 spiro atoms. The van der Waals surface area contributed by atoms with Crippen molar-refractivity contribution in [3.05, 3.63) is 34.1 Å². The predicted octanol–water partition coefficient (Wildman–Crippen LogP) is 3.73. The fourth-order valence-electron chi connectivity index (χ4n) is 1.35. The largest absolute Gasteiger partial charge is 0.352 e. The van der Waals surface area contributed by atoms with Gasteiger partial charge in [0.1, 0.15) is 5.82 Å². The smallest absolute Gasteiger partial charge is 0.252 e. The van der Waals surface area contributed by atoms with Crippen molar-refractivity contribution < 1.29 is 9.18 Å². The van der Waals surface area contributed by atoms with Gasteiger partial charge in [-0.2, -0.15) is 0 Å². The number of hydrogen-bond donors (Lipinski definition) is 1. The van der Waals surface area contributed by atoms with Crippen LogP contribution in [-0.2, 0) is 0 Å². The molecular weight excluding hydrogens is 308 g/mol. The maximum absolute atomic E-state index is 12.8. The molecular formula is C12H14BrClFNO. The van der Waals surface area contributed by atoms with E-state index in [9.17, 15) is 9.18 Å². The van der Waals surface area contributed by atoms with Crippen molar-refractivity contribution in [2.24, 2.45) is 0 Å². The molecule has 17 heavy (non-hydrogen) atoms. The van der Waals surface area contributed by atoms with Crippen molar-refractivity contribution in [1.29, 1.82) is 0 Å². The minimum Gasteiger partial charge on any atom is -0.352 e. The zero-order valence-corrected chi connectivity index (χ0v) is 11.8. The molecule has 1 amide bonds. The van der Waals surface area contributed by atoms with Gasteiger partial charge in [0.25, 0.3) is 5.91 Å². The Labute approximate surface area is 114 Å². The van der Waals surface area contributed by atoms with E-state index in [1.165, 1.54) is 18.2 Å². The van der Waals surface area contributed by atoms with Crippen molar-refractivity contribution in [2.75, 3.05) is 6.54 Å². The summed E-state index contributed by atoms with van der Waals surface area (Å²) in [6, 6.07) is 4.00. The van der Waals surface area contributed by atoms with E-state index >= 15 is 0 Å². The molecule has 1 aromatic carbocycles. The number of carbonyl (C=O) groups is 1. The second kappa shape index (κ2) is 6.97. The lowest BCUT2D eigenvalue weighted by Crippen LogP contribution is -2.25. The first-order valence-corrected chi connectivity index (χ1v) is 6.61. The topological polar surface area (TPSA) is 29.1 Å². The van der Waals surface area contributed by atoms with Crippen LogP contribution in [0, 0.1) is 5.82 Å². The van der Waals surface area contributed by atoms with Gasteiger partial charge in [0.2, 0.25) is 0 Å². The molecule has 0 aliphatic rings. The molecule has 94 valence electrons.